The average molecular weight is 328 g/mol. The second-order valence-corrected chi connectivity index (χ2v) is 6.11. The second kappa shape index (κ2) is 8.47. The van der Waals surface area contributed by atoms with Gasteiger partial charge in [0.15, 0.2) is 0 Å². The summed E-state index contributed by atoms with van der Waals surface area (Å²) in [6, 6.07) is 5.96. The second-order valence-electron chi connectivity index (χ2n) is 3.92. The molecule has 98 valence electrons. The Morgan fingerprint density at radius 2 is 2.33 bits per heavy atom. The highest BCUT2D eigenvalue weighted by molar-refractivity contribution is 9.10. The molecule has 0 aliphatic heterocycles. The van der Waals surface area contributed by atoms with Crippen molar-refractivity contribution in [3.63, 3.8) is 0 Å². The first-order chi connectivity index (χ1) is 8.67. The molecule has 0 saturated heterocycles. The Morgan fingerprint density at radius 1 is 1.56 bits per heavy atom. The minimum Gasteiger partial charge on any atom is -0.481 e. The number of halogens is 1. The average Bonchev–Trinajstić information content (AvgIpc) is 2.37. The summed E-state index contributed by atoms with van der Waals surface area (Å²) in [7, 11) is 0. The molecule has 4 heteroatoms. The Hall–Kier alpha value is -0.630. The molecule has 18 heavy (non-hydrogen) atoms. The maximum atomic E-state index is 5.52. The Morgan fingerprint density at radius 3 is 3.00 bits per heavy atom. The molecular formula is C14H18BrNOS. The quantitative estimate of drug-likeness (QED) is 0.776. The molecule has 1 unspecified atom stereocenters. The van der Waals surface area contributed by atoms with Crippen molar-refractivity contribution >= 4 is 27.7 Å². The molecule has 0 bridgehead atoms. The fourth-order valence-corrected chi connectivity index (χ4v) is 2.13. The van der Waals surface area contributed by atoms with Gasteiger partial charge in [-0.3, -0.25) is 0 Å². The fourth-order valence-electron chi connectivity index (χ4n) is 1.44. The van der Waals surface area contributed by atoms with Crippen LogP contribution in [-0.2, 0) is 6.54 Å². The molecule has 0 heterocycles. The topological polar surface area (TPSA) is 21.3 Å². The minimum atomic E-state index is 0.301. The van der Waals surface area contributed by atoms with Gasteiger partial charge in [-0.15, -0.1) is 6.42 Å². The number of hydrogen-bond acceptors (Lipinski definition) is 3. The van der Waals surface area contributed by atoms with Crippen LogP contribution in [0.15, 0.2) is 22.7 Å². The molecule has 1 N–H and O–H groups in total. The summed E-state index contributed by atoms with van der Waals surface area (Å²) in [6.07, 6.45) is 7.33. The van der Waals surface area contributed by atoms with Gasteiger partial charge in [0.05, 0.1) is 0 Å². The summed E-state index contributed by atoms with van der Waals surface area (Å²) in [5, 5.41) is 4.03. The minimum absolute atomic E-state index is 0.301. The SMILES string of the molecule is C#CCOc1ccc(Br)cc1CNCC(C)SC. The Balaban J connectivity index is 2.61. The highest BCUT2D eigenvalue weighted by atomic mass is 79.9. The van der Waals surface area contributed by atoms with Crippen molar-refractivity contribution in [2.45, 2.75) is 18.7 Å². The number of ether oxygens (including phenoxy) is 1. The third-order valence-electron chi connectivity index (χ3n) is 2.48. The van der Waals surface area contributed by atoms with Crippen molar-refractivity contribution < 1.29 is 4.74 Å². The Kier molecular flexibility index (Phi) is 7.26. The van der Waals surface area contributed by atoms with Gasteiger partial charge in [-0.05, 0) is 24.5 Å². The largest absolute Gasteiger partial charge is 0.481 e. The van der Waals surface area contributed by atoms with Gasteiger partial charge >= 0.3 is 0 Å². The van der Waals surface area contributed by atoms with Gasteiger partial charge in [-0.2, -0.15) is 11.8 Å². The lowest BCUT2D eigenvalue weighted by molar-refractivity contribution is 0.365. The first-order valence-electron chi connectivity index (χ1n) is 5.75. The van der Waals surface area contributed by atoms with E-state index in [1.54, 1.807) is 0 Å². The van der Waals surface area contributed by atoms with Gasteiger partial charge in [0.25, 0.3) is 0 Å². The van der Waals surface area contributed by atoms with Gasteiger partial charge in [-0.25, -0.2) is 0 Å². The summed E-state index contributed by atoms with van der Waals surface area (Å²) in [5.41, 5.74) is 1.12. The van der Waals surface area contributed by atoms with E-state index in [-0.39, 0.29) is 0 Å². The zero-order chi connectivity index (χ0) is 13.4. The summed E-state index contributed by atoms with van der Waals surface area (Å²) >= 11 is 5.32. The summed E-state index contributed by atoms with van der Waals surface area (Å²) in [4.78, 5) is 0. The zero-order valence-electron chi connectivity index (χ0n) is 10.7. The molecule has 2 nitrogen and oxygen atoms in total. The molecule has 0 fully saturated rings. The van der Waals surface area contributed by atoms with Gasteiger partial charge in [0.2, 0.25) is 0 Å². The summed E-state index contributed by atoms with van der Waals surface area (Å²) < 4.78 is 6.57. The standard InChI is InChI=1S/C14H18BrNOS/c1-4-7-17-14-6-5-13(15)8-12(14)10-16-9-11(2)18-3/h1,5-6,8,11,16H,7,9-10H2,2-3H3. The van der Waals surface area contributed by atoms with Crippen molar-refractivity contribution in [2.24, 2.45) is 0 Å². The van der Waals surface area contributed by atoms with E-state index in [0.717, 1.165) is 28.9 Å². The van der Waals surface area contributed by atoms with Crippen LogP contribution in [0, 0.1) is 12.3 Å². The van der Waals surface area contributed by atoms with E-state index in [1.807, 2.05) is 23.9 Å². The monoisotopic (exact) mass is 327 g/mol. The van der Waals surface area contributed by atoms with Gasteiger partial charge < -0.3 is 10.1 Å². The molecule has 0 saturated carbocycles. The van der Waals surface area contributed by atoms with Crippen LogP contribution in [0.25, 0.3) is 0 Å². The first kappa shape index (κ1) is 15.4. The lowest BCUT2D eigenvalue weighted by Gasteiger charge is -2.13. The zero-order valence-corrected chi connectivity index (χ0v) is 13.1. The normalized spacial score (nSPS) is 11.9. The molecule has 1 aromatic rings. The van der Waals surface area contributed by atoms with Crippen LogP contribution < -0.4 is 10.1 Å². The van der Waals surface area contributed by atoms with E-state index in [9.17, 15) is 0 Å². The lowest BCUT2D eigenvalue weighted by Crippen LogP contribution is -2.22. The van der Waals surface area contributed by atoms with Crippen molar-refractivity contribution in [1.82, 2.24) is 5.32 Å². The van der Waals surface area contributed by atoms with Crippen LogP contribution in [0.5, 0.6) is 5.75 Å². The highest BCUT2D eigenvalue weighted by Crippen LogP contribution is 2.23. The maximum absolute atomic E-state index is 5.52. The van der Waals surface area contributed by atoms with E-state index in [2.05, 4.69) is 46.4 Å². The van der Waals surface area contributed by atoms with Crippen molar-refractivity contribution in [2.75, 3.05) is 19.4 Å². The van der Waals surface area contributed by atoms with Crippen LogP contribution in [0.4, 0.5) is 0 Å². The summed E-state index contributed by atoms with van der Waals surface area (Å²) in [5.74, 6) is 3.33. The smallest absolute Gasteiger partial charge is 0.148 e. The molecule has 0 aliphatic carbocycles. The molecular weight excluding hydrogens is 310 g/mol. The number of benzene rings is 1. The van der Waals surface area contributed by atoms with Crippen LogP contribution in [0.2, 0.25) is 0 Å². The highest BCUT2D eigenvalue weighted by Gasteiger charge is 2.05. The maximum Gasteiger partial charge on any atom is 0.148 e. The third kappa shape index (κ3) is 5.34. The Bertz CT molecular complexity index is 417. The number of rotatable bonds is 7. The number of nitrogens with one attached hydrogen (secondary N) is 1. The van der Waals surface area contributed by atoms with E-state index < -0.39 is 0 Å². The number of hydrogen-bond donors (Lipinski definition) is 1. The molecule has 0 amide bonds. The lowest BCUT2D eigenvalue weighted by atomic mass is 10.2. The van der Waals surface area contributed by atoms with Crippen LogP contribution in [0.3, 0.4) is 0 Å². The third-order valence-corrected chi connectivity index (χ3v) is 3.95. The van der Waals surface area contributed by atoms with E-state index in [0.29, 0.717) is 11.9 Å². The van der Waals surface area contributed by atoms with Gasteiger partial charge in [0, 0.05) is 28.4 Å². The van der Waals surface area contributed by atoms with Crippen molar-refractivity contribution in [3.05, 3.63) is 28.2 Å². The molecule has 0 radical (unpaired) electrons. The molecule has 1 rings (SSSR count). The number of thioether (sulfide) groups is 1. The summed E-state index contributed by atoms with van der Waals surface area (Å²) in [6.45, 7) is 4.26. The van der Waals surface area contributed by atoms with Crippen molar-refractivity contribution in [1.29, 1.82) is 0 Å². The van der Waals surface area contributed by atoms with E-state index >= 15 is 0 Å². The number of terminal acetylenes is 1. The van der Waals surface area contributed by atoms with Crippen LogP contribution >= 0.6 is 27.7 Å². The van der Waals surface area contributed by atoms with Crippen LogP contribution in [0.1, 0.15) is 12.5 Å². The van der Waals surface area contributed by atoms with E-state index in [4.69, 9.17) is 11.2 Å². The molecule has 0 aliphatic rings. The first-order valence-corrected chi connectivity index (χ1v) is 7.83. The van der Waals surface area contributed by atoms with Gasteiger partial charge in [-0.1, -0.05) is 28.8 Å². The predicted octanol–water partition coefficient (Wildman–Crippen LogP) is 3.30. The van der Waals surface area contributed by atoms with Crippen molar-refractivity contribution in [3.8, 4) is 18.1 Å². The molecule has 1 atom stereocenters. The molecule has 0 aromatic heterocycles. The fraction of sp³-hybridized carbons (Fsp3) is 0.429. The predicted molar refractivity (Wildman–Crippen MR) is 83.2 cm³/mol. The molecule has 0 spiro atoms. The van der Waals surface area contributed by atoms with Crippen LogP contribution in [-0.4, -0.2) is 24.7 Å². The van der Waals surface area contributed by atoms with Gasteiger partial charge in [0.1, 0.15) is 12.4 Å². The molecule has 1 aromatic carbocycles. The van der Waals surface area contributed by atoms with E-state index in [1.165, 1.54) is 0 Å². The Labute approximate surface area is 122 Å².